The van der Waals surface area contributed by atoms with Crippen LogP contribution >= 0.6 is 0 Å². The van der Waals surface area contributed by atoms with Crippen LogP contribution < -0.4 is 0 Å². The highest BCUT2D eigenvalue weighted by Gasteiger charge is 2.49. The zero-order chi connectivity index (χ0) is 17.6. The molecule has 0 unspecified atom stereocenters. The number of rotatable bonds is 8. The maximum Gasteiger partial charge on any atom is 0.220 e. The van der Waals surface area contributed by atoms with Crippen LogP contribution in [0.1, 0.15) is 32.3 Å². The smallest absolute Gasteiger partial charge is 0.220 e. The van der Waals surface area contributed by atoms with Crippen molar-refractivity contribution < 1.29 is 28.8 Å². The standard InChI is InChI=1S/C18H28O6/c1-17(19,20-3)18(2,21-4)24-15-11-8-12-22-16(15)23-13-14-9-6-5-7-10-14/h5-7,9-10,15-16,19H,8,11-13H2,1-4H3/t15-,16-,17+,18-/m0/s1. The molecule has 1 heterocycles. The van der Waals surface area contributed by atoms with E-state index in [1.165, 1.54) is 21.1 Å². The molecule has 1 aliphatic heterocycles. The highest BCUT2D eigenvalue weighted by molar-refractivity contribution is 5.13. The van der Waals surface area contributed by atoms with Crippen molar-refractivity contribution in [2.45, 2.75) is 57.3 Å². The zero-order valence-electron chi connectivity index (χ0n) is 14.9. The van der Waals surface area contributed by atoms with E-state index in [2.05, 4.69) is 0 Å². The molecule has 0 spiro atoms. The summed E-state index contributed by atoms with van der Waals surface area (Å²) >= 11 is 0. The van der Waals surface area contributed by atoms with Crippen LogP contribution in [0.5, 0.6) is 0 Å². The van der Waals surface area contributed by atoms with E-state index in [4.69, 9.17) is 23.7 Å². The molecule has 1 aromatic carbocycles. The van der Waals surface area contributed by atoms with Crippen molar-refractivity contribution in [3.63, 3.8) is 0 Å². The molecule has 6 nitrogen and oxygen atoms in total. The predicted octanol–water partition coefficient (Wildman–Crippen LogP) is 2.44. The topological polar surface area (TPSA) is 66.4 Å². The van der Waals surface area contributed by atoms with Gasteiger partial charge < -0.3 is 28.8 Å². The molecular weight excluding hydrogens is 312 g/mol. The lowest BCUT2D eigenvalue weighted by molar-refractivity contribution is -0.400. The monoisotopic (exact) mass is 340 g/mol. The Morgan fingerprint density at radius 2 is 1.88 bits per heavy atom. The van der Waals surface area contributed by atoms with Gasteiger partial charge in [0.05, 0.1) is 6.61 Å². The Bertz CT molecular complexity index is 492. The predicted molar refractivity (Wildman–Crippen MR) is 88.1 cm³/mol. The Kier molecular flexibility index (Phi) is 6.74. The maximum atomic E-state index is 10.4. The van der Waals surface area contributed by atoms with E-state index in [0.717, 1.165) is 18.4 Å². The summed E-state index contributed by atoms with van der Waals surface area (Å²) in [4.78, 5) is 0. The van der Waals surface area contributed by atoms with Crippen LogP contribution in [0.2, 0.25) is 0 Å². The van der Waals surface area contributed by atoms with Crippen molar-refractivity contribution in [2.75, 3.05) is 20.8 Å². The summed E-state index contributed by atoms with van der Waals surface area (Å²) in [5.74, 6) is -2.95. The lowest BCUT2D eigenvalue weighted by Gasteiger charge is -2.44. The molecule has 2 rings (SSSR count). The molecule has 0 saturated carbocycles. The molecule has 0 aromatic heterocycles. The maximum absolute atomic E-state index is 10.4. The first-order chi connectivity index (χ1) is 11.4. The summed E-state index contributed by atoms with van der Waals surface area (Å²) in [7, 11) is 2.87. The number of benzene rings is 1. The number of ether oxygens (including phenoxy) is 5. The second kappa shape index (κ2) is 8.38. The van der Waals surface area contributed by atoms with Crippen molar-refractivity contribution in [3.05, 3.63) is 35.9 Å². The van der Waals surface area contributed by atoms with Crippen LogP contribution in [0.15, 0.2) is 30.3 Å². The van der Waals surface area contributed by atoms with E-state index >= 15 is 0 Å². The summed E-state index contributed by atoms with van der Waals surface area (Å²) in [6.45, 7) is 4.18. The molecule has 136 valence electrons. The van der Waals surface area contributed by atoms with Crippen LogP contribution in [0.4, 0.5) is 0 Å². The Morgan fingerprint density at radius 1 is 1.17 bits per heavy atom. The van der Waals surface area contributed by atoms with E-state index in [0.29, 0.717) is 13.2 Å². The third-order valence-corrected chi connectivity index (χ3v) is 4.48. The molecule has 0 amide bonds. The fraction of sp³-hybridized carbons (Fsp3) is 0.667. The molecule has 24 heavy (non-hydrogen) atoms. The number of aliphatic hydroxyl groups is 1. The summed E-state index contributed by atoms with van der Waals surface area (Å²) in [5.41, 5.74) is 1.06. The van der Waals surface area contributed by atoms with Crippen LogP contribution in [-0.4, -0.2) is 49.9 Å². The molecule has 1 aliphatic rings. The third-order valence-electron chi connectivity index (χ3n) is 4.48. The molecule has 1 fully saturated rings. The van der Waals surface area contributed by atoms with Crippen molar-refractivity contribution in [1.82, 2.24) is 0 Å². The molecule has 0 bridgehead atoms. The fourth-order valence-corrected chi connectivity index (χ4v) is 2.57. The van der Waals surface area contributed by atoms with Gasteiger partial charge in [-0.2, -0.15) is 0 Å². The molecule has 4 atom stereocenters. The minimum Gasteiger partial charge on any atom is -0.362 e. The van der Waals surface area contributed by atoms with Crippen LogP contribution in [-0.2, 0) is 30.3 Å². The van der Waals surface area contributed by atoms with Crippen molar-refractivity contribution in [2.24, 2.45) is 0 Å². The molecule has 1 N–H and O–H groups in total. The van der Waals surface area contributed by atoms with E-state index < -0.39 is 17.9 Å². The minimum atomic E-state index is -1.61. The van der Waals surface area contributed by atoms with Gasteiger partial charge >= 0.3 is 0 Å². The summed E-state index contributed by atoms with van der Waals surface area (Å²) < 4.78 is 28.2. The lowest BCUT2D eigenvalue weighted by Crippen LogP contribution is -2.58. The van der Waals surface area contributed by atoms with Gasteiger partial charge in [0.15, 0.2) is 6.29 Å². The quantitative estimate of drug-likeness (QED) is 0.733. The Labute approximate surface area is 143 Å². The summed E-state index contributed by atoms with van der Waals surface area (Å²) in [6, 6.07) is 9.88. The summed E-state index contributed by atoms with van der Waals surface area (Å²) in [5, 5.41) is 10.4. The van der Waals surface area contributed by atoms with E-state index in [1.54, 1.807) is 6.92 Å². The average molecular weight is 340 g/mol. The van der Waals surface area contributed by atoms with E-state index in [1.807, 2.05) is 30.3 Å². The average Bonchev–Trinajstić information content (AvgIpc) is 2.61. The highest BCUT2D eigenvalue weighted by Crippen LogP contribution is 2.32. The van der Waals surface area contributed by atoms with Gasteiger partial charge in [0, 0.05) is 20.8 Å². The van der Waals surface area contributed by atoms with Crippen molar-refractivity contribution >= 4 is 0 Å². The van der Waals surface area contributed by atoms with Crippen LogP contribution in [0.25, 0.3) is 0 Å². The minimum absolute atomic E-state index is 0.367. The Morgan fingerprint density at radius 3 is 2.50 bits per heavy atom. The number of hydrogen-bond acceptors (Lipinski definition) is 6. The molecule has 1 saturated heterocycles. The number of hydrogen-bond donors (Lipinski definition) is 1. The molecule has 1 aromatic rings. The first-order valence-electron chi connectivity index (χ1n) is 8.19. The van der Waals surface area contributed by atoms with E-state index in [-0.39, 0.29) is 6.10 Å². The molecular formula is C18H28O6. The molecule has 6 heteroatoms. The van der Waals surface area contributed by atoms with Crippen LogP contribution in [0, 0.1) is 0 Å². The van der Waals surface area contributed by atoms with Crippen LogP contribution in [0.3, 0.4) is 0 Å². The van der Waals surface area contributed by atoms with E-state index in [9.17, 15) is 5.11 Å². The van der Waals surface area contributed by atoms with Gasteiger partial charge in [0.25, 0.3) is 0 Å². The first kappa shape index (κ1) is 19.3. The highest BCUT2D eigenvalue weighted by atomic mass is 16.8. The lowest BCUT2D eigenvalue weighted by atomic mass is 10.1. The van der Waals surface area contributed by atoms with Gasteiger partial charge in [-0.3, -0.25) is 0 Å². The van der Waals surface area contributed by atoms with Gasteiger partial charge in [-0.25, -0.2) is 0 Å². The SMILES string of the molecule is CO[C@@](C)(O[C@H]1CCCO[C@H]1OCc1ccccc1)[C@](C)(O)OC. The van der Waals surface area contributed by atoms with Crippen molar-refractivity contribution in [1.29, 1.82) is 0 Å². The van der Waals surface area contributed by atoms with Gasteiger partial charge in [-0.05, 0) is 32.3 Å². The number of methoxy groups -OCH3 is 2. The Balaban J connectivity index is 2.03. The van der Waals surface area contributed by atoms with Crippen molar-refractivity contribution in [3.8, 4) is 0 Å². The third kappa shape index (κ3) is 4.53. The Hall–Kier alpha value is -1.02. The first-order valence-corrected chi connectivity index (χ1v) is 8.19. The normalized spacial score (nSPS) is 26.5. The van der Waals surface area contributed by atoms with Gasteiger partial charge in [-0.1, -0.05) is 30.3 Å². The summed E-state index contributed by atoms with van der Waals surface area (Å²) in [6.07, 6.45) is 0.707. The second-order valence-corrected chi connectivity index (χ2v) is 6.17. The molecule has 0 aliphatic carbocycles. The van der Waals surface area contributed by atoms with Gasteiger partial charge in [0.2, 0.25) is 11.6 Å². The second-order valence-electron chi connectivity index (χ2n) is 6.17. The largest absolute Gasteiger partial charge is 0.362 e. The van der Waals surface area contributed by atoms with Gasteiger partial charge in [-0.15, -0.1) is 0 Å². The zero-order valence-corrected chi connectivity index (χ0v) is 14.9. The van der Waals surface area contributed by atoms with Gasteiger partial charge in [0.1, 0.15) is 6.10 Å². The molecule has 0 radical (unpaired) electrons. The fourth-order valence-electron chi connectivity index (χ4n) is 2.57.